The predicted molar refractivity (Wildman–Crippen MR) is 95.0 cm³/mol. The lowest BCUT2D eigenvalue weighted by Gasteiger charge is -2.32. The second-order valence-corrected chi connectivity index (χ2v) is 7.93. The summed E-state index contributed by atoms with van der Waals surface area (Å²) in [4.78, 5) is 15.5. The van der Waals surface area contributed by atoms with Gasteiger partial charge in [-0.05, 0) is 43.7 Å². The first-order valence-electron chi connectivity index (χ1n) is 8.68. The number of nitrogens with zero attached hydrogens (tertiary/aromatic N) is 1. The zero-order chi connectivity index (χ0) is 16.1. The molecular formula is C18H26N2O2S. The molecule has 0 bridgehead atoms. The third kappa shape index (κ3) is 4.42. The minimum atomic E-state index is -0.0392. The van der Waals surface area contributed by atoms with Crippen molar-refractivity contribution in [1.82, 2.24) is 4.90 Å². The largest absolute Gasteiger partial charge is 0.396 e. The second kappa shape index (κ2) is 8.06. The number of hydrogen-bond donors (Lipinski definition) is 2. The summed E-state index contributed by atoms with van der Waals surface area (Å²) in [6, 6.07) is 8.06. The van der Waals surface area contributed by atoms with E-state index in [2.05, 4.69) is 11.4 Å². The molecule has 1 aliphatic carbocycles. The summed E-state index contributed by atoms with van der Waals surface area (Å²) in [5.41, 5.74) is 0.917. The van der Waals surface area contributed by atoms with Gasteiger partial charge in [-0.3, -0.25) is 0 Å². The molecule has 1 aromatic rings. The molecule has 1 saturated carbocycles. The van der Waals surface area contributed by atoms with Crippen molar-refractivity contribution in [2.45, 2.75) is 48.7 Å². The van der Waals surface area contributed by atoms with E-state index in [9.17, 15) is 9.90 Å². The van der Waals surface area contributed by atoms with Gasteiger partial charge in [0, 0.05) is 29.8 Å². The van der Waals surface area contributed by atoms with Crippen LogP contribution in [0.2, 0.25) is 0 Å². The molecule has 2 fully saturated rings. The van der Waals surface area contributed by atoms with Crippen molar-refractivity contribution in [3.05, 3.63) is 24.3 Å². The molecule has 0 spiro atoms. The van der Waals surface area contributed by atoms with E-state index in [0.717, 1.165) is 25.1 Å². The summed E-state index contributed by atoms with van der Waals surface area (Å²) in [5, 5.41) is 13.1. The van der Waals surface area contributed by atoms with Crippen molar-refractivity contribution in [3.8, 4) is 0 Å². The topological polar surface area (TPSA) is 52.6 Å². The number of hydrogen-bond acceptors (Lipinski definition) is 3. The quantitative estimate of drug-likeness (QED) is 0.876. The molecular weight excluding hydrogens is 308 g/mol. The van der Waals surface area contributed by atoms with E-state index in [-0.39, 0.29) is 18.6 Å². The Morgan fingerprint density at radius 2 is 2.00 bits per heavy atom. The standard InChI is InChI=1S/C18H26N2O2S/c21-13-14-6-5-11-20(12-14)18(22)19-16-9-3-4-10-17(16)23-15-7-1-2-8-15/h3-4,9-10,14-15,21H,1-2,5-8,11-13H2,(H,19,22). The number of para-hydroxylation sites is 1. The number of piperidine rings is 1. The molecule has 2 aliphatic rings. The molecule has 3 rings (SSSR count). The number of amides is 2. The van der Waals surface area contributed by atoms with E-state index >= 15 is 0 Å². The number of aliphatic hydroxyl groups excluding tert-OH is 1. The fraction of sp³-hybridized carbons (Fsp3) is 0.611. The molecule has 1 saturated heterocycles. The molecule has 1 heterocycles. The number of benzene rings is 1. The molecule has 1 unspecified atom stereocenters. The van der Waals surface area contributed by atoms with Gasteiger partial charge >= 0.3 is 6.03 Å². The Morgan fingerprint density at radius 1 is 1.22 bits per heavy atom. The van der Waals surface area contributed by atoms with Crippen molar-refractivity contribution in [1.29, 1.82) is 0 Å². The van der Waals surface area contributed by atoms with Gasteiger partial charge in [0.25, 0.3) is 0 Å². The number of anilines is 1. The van der Waals surface area contributed by atoms with E-state index in [1.54, 1.807) is 0 Å². The Kier molecular flexibility index (Phi) is 5.84. The van der Waals surface area contributed by atoms with E-state index in [4.69, 9.17) is 0 Å². The van der Waals surface area contributed by atoms with Crippen LogP contribution in [0.25, 0.3) is 0 Å². The minimum Gasteiger partial charge on any atom is -0.396 e. The van der Waals surface area contributed by atoms with Crippen molar-refractivity contribution >= 4 is 23.5 Å². The highest BCUT2D eigenvalue weighted by Crippen LogP contribution is 2.38. The smallest absolute Gasteiger partial charge is 0.321 e. The number of rotatable bonds is 4. The molecule has 2 amide bonds. The Labute approximate surface area is 142 Å². The number of aliphatic hydroxyl groups is 1. The molecule has 0 radical (unpaired) electrons. The van der Waals surface area contributed by atoms with Gasteiger partial charge in [0.1, 0.15) is 0 Å². The van der Waals surface area contributed by atoms with Gasteiger partial charge in [0.05, 0.1) is 5.69 Å². The lowest BCUT2D eigenvalue weighted by atomic mass is 9.99. The van der Waals surface area contributed by atoms with Crippen molar-refractivity contribution in [3.63, 3.8) is 0 Å². The number of carbonyl (C=O) groups is 1. The lowest BCUT2D eigenvalue weighted by molar-refractivity contribution is 0.136. The molecule has 23 heavy (non-hydrogen) atoms. The summed E-state index contributed by atoms with van der Waals surface area (Å²) >= 11 is 1.90. The Hall–Kier alpha value is -1.20. The van der Waals surface area contributed by atoms with Crippen LogP contribution in [0, 0.1) is 5.92 Å². The van der Waals surface area contributed by atoms with Crippen LogP contribution in [0.5, 0.6) is 0 Å². The van der Waals surface area contributed by atoms with Crippen molar-refractivity contribution in [2.75, 3.05) is 25.0 Å². The van der Waals surface area contributed by atoms with Crippen LogP contribution >= 0.6 is 11.8 Å². The summed E-state index contributed by atoms with van der Waals surface area (Å²) < 4.78 is 0. The predicted octanol–water partition coefficient (Wildman–Crippen LogP) is 3.96. The zero-order valence-electron chi connectivity index (χ0n) is 13.5. The lowest BCUT2D eigenvalue weighted by Crippen LogP contribution is -2.43. The summed E-state index contributed by atoms with van der Waals surface area (Å²) in [6.07, 6.45) is 7.17. The van der Waals surface area contributed by atoms with Gasteiger partial charge < -0.3 is 15.3 Å². The van der Waals surface area contributed by atoms with Gasteiger partial charge in [0.15, 0.2) is 0 Å². The highest BCUT2D eigenvalue weighted by atomic mass is 32.2. The van der Waals surface area contributed by atoms with Crippen molar-refractivity contribution in [2.24, 2.45) is 5.92 Å². The van der Waals surface area contributed by atoms with E-state index < -0.39 is 0 Å². The summed E-state index contributed by atoms with van der Waals surface area (Å²) in [7, 11) is 0. The van der Waals surface area contributed by atoms with Gasteiger partial charge in [0.2, 0.25) is 0 Å². The first-order valence-corrected chi connectivity index (χ1v) is 9.56. The van der Waals surface area contributed by atoms with Crippen LogP contribution < -0.4 is 5.32 Å². The highest BCUT2D eigenvalue weighted by Gasteiger charge is 2.24. The number of likely N-dealkylation sites (tertiary alicyclic amines) is 1. The van der Waals surface area contributed by atoms with E-state index in [1.807, 2.05) is 34.9 Å². The van der Waals surface area contributed by atoms with Crippen LogP contribution in [0.15, 0.2) is 29.2 Å². The molecule has 1 atom stereocenters. The van der Waals surface area contributed by atoms with Crippen LogP contribution in [-0.4, -0.2) is 41.0 Å². The number of thioether (sulfide) groups is 1. The van der Waals surface area contributed by atoms with Crippen LogP contribution in [-0.2, 0) is 0 Å². The normalized spacial score (nSPS) is 22.3. The third-order valence-corrected chi connectivity index (χ3v) is 6.20. The van der Waals surface area contributed by atoms with Crippen LogP contribution in [0.3, 0.4) is 0 Å². The zero-order valence-corrected chi connectivity index (χ0v) is 14.4. The van der Waals surface area contributed by atoms with Gasteiger partial charge in [-0.25, -0.2) is 4.79 Å². The van der Waals surface area contributed by atoms with Gasteiger partial charge in [-0.2, -0.15) is 0 Å². The molecule has 2 N–H and O–H groups in total. The first kappa shape index (κ1) is 16.7. The summed E-state index contributed by atoms with van der Waals surface area (Å²) in [5.74, 6) is 0.220. The fourth-order valence-corrected chi connectivity index (χ4v) is 4.78. The second-order valence-electron chi connectivity index (χ2n) is 6.59. The fourth-order valence-electron chi connectivity index (χ4n) is 3.45. The summed E-state index contributed by atoms with van der Waals surface area (Å²) in [6.45, 7) is 1.60. The molecule has 126 valence electrons. The monoisotopic (exact) mass is 334 g/mol. The molecule has 4 nitrogen and oxygen atoms in total. The Balaban J connectivity index is 1.63. The average Bonchev–Trinajstić information content (AvgIpc) is 3.09. The maximum Gasteiger partial charge on any atom is 0.321 e. The maximum absolute atomic E-state index is 12.5. The van der Waals surface area contributed by atoms with E-state index in [0.29, 0.717) is 11.8 Å². The molecule has 1 aliphatic heterocycles. The number of urea groups is 1. The van der Waals surface area contributed by atoms with Gasteiger partial charge in [-0.15, -0.1) is 11.8 Å². The Bertz CT molecular complexity index is 532. The highest BCUT2D eigenvalue weighted by molar-refractivity contribution is 8.00. The van der Waals surface area contributed by atoms with Gasteiger partial charge in [-0.1, -0.05) is 25.0 Å². The maximum atomic E-state index is 12.5. The molecule has 0 aromatic heterocycles. The Morgan fingerprint density at radius 3 is 2.78 bits per heavy atom. The van der Waals surface area contributed by atoms with Crippen LogP contribution in [0.1, 0.15) is 38.5 Å². The SMILES string of the molecule is O=C(Nc1ccccc1SC1CCCC1)N1CCCC(CO)C1. The molecule has 1 aromatic carbocycles. The number of nitrogens with one attached hydrogen (secondary N) is 1. The van der Waals surface area contributed by atoms with E-state index in [1.165, 1.54) is 30.6 Å². The number of carbonyl (C=O) groups excluding carboxylic acids is 1. The third-order valence-electron chi connectivity index (χ3n) is 4.79. The minimum absolute atomic E-state index is 0.0392. The van der Waals surface area contributed by atoms with Crippen molar-refractivity contribution < 1.29 is 9.90 Å². The average molecular weight is 334 g/mol. The first-order chi connectivity index (χ1) is 11.3. The molecule has 5 heteroatoms. The van der Waals surface area contributed by atoms with Crippen LogP contribution in [0.4, 0.5) is 10.5 Å².